The number of ether oxygens (including phenoxy) is 1. The van der Waals surface area contributed by atoms with Crippen molar-refractivity contribution in [2.75, 3.05) is 18.5 Å². The molecule has 35 heavy (non-hydrogen) atoms. The van der Waals surface area contributed by atoms with Gasteiger partial charge in [-0.25, -0.2) is 19.6 Å². The first-order valence-electron chi connectivity index (χ1n) is 10.8. The van der Waals surface area contributed by atoms with Crippen molar-refractivity contribution in [3.8, 4) is 0 Å². The van der Waals surface area contributed by atoms with Crippen molar-refractivity contribution in [2.45, 2.75) is 32.0 Å². The Bertz CT molecular complexity index is 1180. The minimum atomic E-state index is -1.17. The molecule has 11 heteroatoms. The maximum Gasteiger partial charge on any atom is 0.412 e. The first-order valence-corrected chi connectivity index (χ1v) is 11.2. The number of rotatable bonds is 10. The lowest BCUT2D eigenvalue weighted by atomic mass is 10.1. The van der Waals surface area contributed by atoms with Gasteiger partial charge in [0.25, 0.3) is 0 Å². The summed E-state index contributed by atoms with van der Waals surface area (Å²) in [4.78, 5) is 28.9. The van der Waals surface area contributed by atoms with Gasteiger partial charge in [-0.05, 0) is 23.1 Å². The fourth-order valence-corrected chi connectivity index (χ4v) is 3.65. The molecule has 1 aromatic heterocycles. The Labute approximate surface area is 206 Å². The zero-order valence-corrected chi connectivity index (χ0v) is 19.7. The Morgan fingerprint density at radius 2 is 1.94 bits per heavy atom. The minimum Gasteiger partial charge on any atom is -0.447 e. The first-order chi connectivity index (χ1) is 16.8. The van der Waals surface area contributed by atoms with Crippen LogP contribution in [0, 0.1) is 5.82 Å². The molecule has 0 saturated heterocycles. The molecular formula is C24H26ClFN4O5. The van der Waals surface area contributed by atoms with Crippen LogP contribution < -0.4 is 10.7 Å². The van der Waals surface area contributed by atoms with Gasteiger partial charge in [-0.2, -0.15) is 0 Å². The van der Waals surface area contributed by atoms with Crippen molar-refractivity contribution in [3.05, 3.63) is 71.1 Å². The summed E-state index contributed by atoms with van der Waals surface area (Å²) in [6.45, 7) is 0.414. The number of aromatic nitrogens is 1. The second kappa shape index (κ2) is 12.4. The largest absolute Gasteiger partial charge is 0.447 e. The maximum atomic E-state index is 13.7. The molecule has 3 aromatic rings. The molecule has 1 heterocycles. The van der Waals surface area contributed by atoms with Crippen molar-refractivity contribution >= 4 is 40.2 Å². The zero-order chi connectivity index (χ0) is 25.4. The highest BCUT2D eigenvalue weighted by Gasteiger charge is 2.26. The normalized spacial score (nSPS) is 12.7. The van der Waals surface area contributed by atoms with Crippen LogP contribution in [0.4, 0.5) is 15.0 Å². The molecule has 0 saturated carbocycles. The van der Waals surface area contributed by atoms with Gasteiger partial charge in [0.1, 0.15) is 18.2 Å². The van der Waals surface area contributed by atoms with E-state index in [1.54, 1.807) is 18.3 Å². The molecule has 2 atom stereocenters. The van der Waals surface area contributed by atoms with Crippen molar-refractivity contribution < 1.29 is 28.9 Å². The summed E-state index contributed by atoms with van der Waals surface area (Å²) < 4.78 is 19.0. The summed E-state index contributed by atoms with van der Waals surface area (Å²) in [6, 6.07) is 12.6. The topological polar surface area (TPSA) is 124 Å². The smallest absolute Gasteiger partial charge is 0.412 e. The molecule has 0 aliphatic rings. The van der Waals surface area contributed by atoms with E-state index in [4.69, 9.17) is 16.3 Å². The van der Waals surface area contributed by atoms with E-state index in [1.165, 1.54) is 19.1 Å². The van der Waals surface area contributed by atoms with Crippen molar-refractivity contribution in [1.29, 1.82) is 0 Å². The fourth-order valence-electron chi connectivity index (χ4n) is 3.45. The highest BCUT2D eigenvalue weighted by Crippen LogP contribution is 2.20. The average molecular weight is 505 g/mol. The molecule has 0 unspecified atom stereocenters. The third-order valence-corrected chi connectivity index (χ3v) is 5.62. The highest BCUT2D eigenvalue weighted by molar-refractivity contribution is 6.31. The molecule has 0 radical (unpaired) electrons. The Morgan fingerprint density at radius 3 is 2.66 bits per heavy atom. The summed E-state index contributed by atoms with van der Waals surface area (Å²) in [7, 11) is 0. The van der Waals surface area contributed by atoms with Crippen LogP contribution in [0.25, 0.3) is 10.8 Å². The number of aliphatic hydroxyl groups is 2. The van der Waals surface area contributed by atoms with Crippen LogP contribution in [0.2, 0.25) is 5.02 Å². The standard InChI is InChI=1S/C24H26ClFN4O5/c1-15(32)30(28-12-18-7-4-8-21(26)23(18)25)19(10-20(33)13-31)14-35-24(34)29-22-9-16-5-2-3-6-17(16)11-27-22/h2-9,11,19-20,28,31,33H,10,12-14H2,1H3,(H,27,29,34)/t19-,20+/m1/s1. The first kappa shape index (κ1) is 26.3. The molecule has 2 amide bonds. The number of nitrogens with one attached hydrogen (secondary N) is 2. The number of fused-ring (bicyclic) bond motifs is 1. The van der Waals surface area contributed by atoms with Gasteiger partial charge in [-0.1, -0.05) is 48.0 Å². The predicted octanol–water partition coefficient (Wildman–Crippen LogP) is 3.24. The van der Waals surface area contributed by atoms with Crippen LogP contribution in [0.5, 0.6) is 0 Å². The van der Waals surface area contributed by atoms with Crippen LogP contribution in [0.3, 0.4) is 0 Å². The predicted molar refractivity (Wildman–Crippen MR) is 129 cm³/mol. The Morgan fingerprint density at radius 1 is 1.20 bits per heavy atom. The lowest BCUT2D eigenvalue weighted by Gasteiger charge is -2.32. The number of nitrogens with zero attached hydrogens (tertiary/aromatic N) is 2. The number of aliphatic hydroxyl groups excluding tert-OH is 2. The lowest BCUT2D eigenvalue weighted by Crippen LogP contribution is -2.52. The molecule has 3 rings (SSSR count). The second-order valence-electron chi connectivity index (χ2n) is 7.80. The molecule has 186 valence electrons. The summed E-state index contributed by atoms with van der Waals surface area (Å²) in [6.07, 6.45) is -0.464. The molecular weight excluding hydrogens is 479 g/mol. The van der Waals surface area contributed by atoms with Gasteiger partial charge >= 0.3 is 6.09 Å². The van der Waals surface area contributed by atoms with Crippen molar-refractivity contribution in [2.24, 2.45) is 0 Å². The number of carbonyl (C=O) groups excluding carboxylic acids is 2. The fraction of sp³-hybridized carbons (Fsp3) is 0.292. The van der Waals surface area contributed by atoms with E-state index in [0.29, 0.717) is 5.56 Å². The number of amides is 2. The molecule has 4 N–H and O–H groups in total. The molecule has 0 fully saturated rings. The van der Waals surface area contributed by atoms with Crippen molar-refractivity contribution in [1.82, 2.24) is 15.4 Å². The van der Waals surface area contributed by atoms with Gasteiger partial charge in [0, 0.05) is 31.5 Å². The summed E-state index contributed by atoms with van der Waals surface area (Å²) in [5.74, 6) is -0.772. The third-order valence-electron chi connectivity index (χ3n) is 5.20. The molecule has 0 aliphatic heterocycles. The number of hydrogen-bond donors (Lipinski definition) is 4. The summed E-state index contributed by atoms with van der Waals surface area (Å²) in [5.41, 5.74) is 3.25. The number of hydrazine groups is 1. The summed E-state index contributed by atoms with van der Waals surface area (Å²) in [5, 5.41) is 24.6. The van der Waals surface area contributed by atoms with E-state index in [-0.39, 0.29) is 30.4 Å². The van der Waals surface area contributed by atoms with E-state index < -0.39 is 36.6 Å². The van der Waals surface area contributed by atoms with E-state index in [9.17, 15) is 24.2 Å². The van der Waals surface area contributed by atoms with E-state index in [2.05, 4.69) is 15.7 Å². The lowest BCUT2D eigenvalue weighted by molar-refractivity contribution is -0.137. The van der Waals surface area contributed by atoms with Crippen LogP contribution in [-0.2, 0) is 16.1 Å². The highest BCUT2D eigenvalue weighted by atomic mass is 35.5. The van der Waals surface area contributed by atoms with E-state index in [1.807, 2.05) is 24.3 Å². The Balaban J connectivity index is 1.67. The van der Waals surface area contributed by atoms with Crippen LogP contribution in [0.1, 0.15) is 18.9 Å². The number of pyridine rings is 1. The van der Waals surface area contributed by atoms with Gasteiger partial charge in [0.15, 0.2) is 0 Å². The Hall–Kier alpha value is -3.31. The van der Waals surface area contributed by atoms with Gasteiger partial charge < -0.3 is 14.9 Å². The monoisotopic (exact) mass is 504 g/mol. The van der Waals surface area contributed by atoms with E-state index >= 15 is 0 Å². The van der Waals surface area contributed by atoms with Gasteiger partial charge in [-0.3, -0.25) is 15.1 Å². The molecule has 0 spiro atoms. The number of halogens is 2. The number of hydrogen-bond acceptors (Lipinski definition) is 7. The van der Waals surface area contributed by atoms with Crippen LogP contribution in [-0.4, -0.2) is 57.6 Å². The van der Waals surface area contributed by atoms with Gasteiger partial charge in [-0.15, -0.1) is 0 Å². The molecule has 9 nitrogen and oxygen atoms in total. The Kier molecular flexibility index (Phi) is 9.32. The maximum absolute atomic E-state index is 13.7. The minimum absolute atomic E-state index is 0.00486. The second-order valence-corrected chi connectivity index (χ2v) is 8.18. The third kappa shape index (κ3) is 7.33. The average Bonchev–Trinajstić information content (AvgIpc) is 2.84. The number of benzene rings is 2. The zero-order valence-electron chi connectivity index (χ0n) is 18.9. The summed E-state index contributed by atoms with van der Waals surface area (Å²) >= 11 is 5.98. The van der Waals surface area contributed by atoms with Gasteiger partial charge in [0.2, 0.25) is 5.91 Å². The van der Waals surface area contributed by atoms with Crippen LogP contribution in [0.15, 0.2) is 54.7 Å². The van der Waals surface area contributed by atoms with E-state index in [0.717, 1.165) is 15.8 Å². The number of anilines is 1. The SMILES string of the molecule is CC(=O)N(NCc1cccc(F)c1Cl)[C@@H](COC(=O)Nc1cc2ccccc2cn1)C[C@H](O)CO. The van der Waals surface area contributed by atoms with Crippen LogP contribution >= 0.6 is 11.6 Å². The number of carbonyl (C=O) groups is 2. The quantitative estimate of drug-likeness (QED) is 0.312. The van der Waals surface area contributed by atoms with Gasteiger partial charge in [0.05, 0.1) is 23.8 Å². The molecule has 2 aromatic carbocycles. The van der Waals surface area contributed by atoms with Crippen molar-refractivity contribution in [3.63, 3.8) is 0 Å². The molecule has 0 aliphatic carbocycles. The molecule has 0 bridgehead atoms.